The molecule has 2 unspecified atom stereocenters. The first-order valence-corrected chi connectivity index (χ1v) is 4.08. The van der Waals surface area contributed by atoms with Gasteiger partial charge in [0.2, 0.25) is 0 Å². The molecule has 1 heterocycles. The number of rotatable bonds is 1. The first-order valence-electron chi connectivity index (χ1n) is 4.08. The van der Waals surface area contributed by atoms with Gasteiger partial charge in [-0.05, 0) is 14.0 Å². The molecule has 0 aromatic rings. The molecule has 0 aromatic heterocycles. The van der Waals surface area contributed by atoms with Crippen LogP contribution in [0.2, 0.25) is 0 Å². The Morgan fingerprint density at radius 2 is 1.92 bits per heavy atom. The smallest absolute Gasteiger partial charge is 0.305 e. The normalized spacial score (nSPS) is 30.8. The van der Waals surface area contributed by atoms with E-state index in [1.165, 1.54) is 6.92 Å². The highest BCUT2D eigenvalue weighted by Crippen LogP contribution is 2.37. The highest BCUT2D eigenvalue weighted by Gasteiger charge is 2.50. The second-order valence-electron chi connectivity index (χ2n) is 3.59. The summed E-state index contributed by atoms with van der Waals surface area (Å²) in [6, 6.07) is 0. The molecule has 1 rings (SSSR count). The van der Waals surface area contributed by atoms with E-state index in [-0.39, 0.29) is 18.9 Å². The van der Waals surface area contributed by atoms with Crippen LogP contribution < -0.4 is 0 Å². The fraction of sp³-hybridized carbons (Fsp3) is 0.875. The molecule has 13 heavy (non-hydrogen) atoms. The van der Waals surface area contributed by atoms with E-state index in [0.29, 0.717) is 0 Å². The lowest BCUT2D eigenvalue weighted by Gasteiger charge is -2.18. The van der Waals surface area contributed by atoms with Crippen molar-refractivity contribution in [1.82, 2.24) is 4.90 Å². The SMILES string of the molecule is CC(=O)C1CN(C)CC1C(F)(F)F. The molecular formula is C8H12F3NO. The molecule has 1 saturated heterocycles. The molecule has 0 amide bonds. The number of carbonyl (C=O) groups excluding carboxylic acids is 1. The Kier molecular flexibility index (Phi) is 2.66. The van der Waals surface area contributed by atoms with Gasteiger partial charge in [0.1, 0.15) is 5.78 Å². The summed E-state index contributed by atoms with van der Waals surface area (Å²) in [4.78, 5) is 12.5. The third kappa shape index (κ3) is 2.21. The molecule has 76 valence electrons. The second kappa shape index (κ2) is 3.29. The second-order valence-corrected chi connectivity index (χ2v) is 3.59. The standard InChI is InChI=1S/C8H12F3NO/c1-5(13)6-3-12(2)4-7(6)8(9,10)11/h6-7H,3-4H2,1-2H3. The van der Waals surface area contributed by atoms with Gasteiger partial charge in [0.05, 0.1) is 5.92 Å². The topological polar surface area (TPSA) is 20.3 Å². The Labute approximate surface area is 74.7 Å². The van der Waals surface area contributed by atoms with Gasteiger partial charge in [-0.15, -0.1) is 0 Å². The van der Waals surface area contributed by atoms with Crippen LogP contribution in [-0.4, -0.2) is 37.0 Å². The maximum atomic E-state index is 12.4. The van der Waals surface area contributed by atoms with Crippen molar-refractivity contribution in [3.8, 4) is 0 Å². The van der Waals surface area contributed by atoms with Crippen molar-refractivity contribution in [2.45, 2.75) is 13.1 Å². The molecule has 2 nitrogen and oxygen atoms in total. The molecule has 0 radical (unpaired) electrons. The number of halogens is 3. The van der Waals surface area contributed by atoms with Gasteiger partial charge in [-0.1, -0.05) is 0 Å². The predicted octanol–water partition coefficient (Wildman–Crippen LogP) is 1.32. The summed E-state index contributed by atoms with van der Waals surface area (Å²) in [6.45, 7) is 1.38. The molecule has 5 heteroatoms. The zero-order chi connectivity index (χ0) is 10.2. The Bertz CT molecular complexity index is 214. The minimum Gasteiger partial charge on any atom is -0.305 e. The molecule has 0 N–H and O–H groups in total. The largest absolute Gasteiger partial charge is 0.393 e. The lowest BCUT2D eigenvalue weighted by atomic mass is 9.92. The molecular weight excluding hydrogens is 183 g/mol. The third-order valence-corrected chi connectivity index (χ3v) is 2.45. The van der Waals surface area contributed by atoms with E-state index >= 15 is 0 Å². The van der Waals surface area contributed by atoms with Crippen molar-refractivity contribution < 1.29 is 18.0 Å². The van der Waals surface area contributed by atoms with Gasteiger partial charge in [0.25, 0.3) is 0 Å². The first kappa shape index (κ1) is 10.5. The summed E-state index contributed by atoms with van der Waals surface area (Å²) in [7, 11) is 1.60. The van der Waals surface area contributed by atoms with E-state index in [0.717, 1.165) is 0 Å². The van der Waals surface area contributed by atoms with Crippen LogP contribution in [0.3, 0.4) is 0 Å². The molecule has 0 saturated carbocycles. The Balaban J connectivity index is 2.78. The number of likely N-dealkylation sites (tertiary alicyclic amines) is 1. The van der Waals surface area contributed by atoms with Crippen LogP contribution in [0, 0.1) is 11.8 Å². The predicted molar refractivity (Wildman–Crippen MR) is 41.2 cm³/mol. The third-order valence-electron chi connectivity index (χ3n) is 2.45. The summed E-state index contributed by atoms with van der Waals surface area (Å²) in [5.74, 6) is -2.72. The number of nitrogens with zero attached hydrogens (tertiary/aromatic N) is 1. The van der Waals surface area contributed by atoms with E-state index in [9.17, 15) is 18.0 Å². The van der Waals surface area contributed by atoms with Crippen molar-refractivity contribution in [2.24, 2.45) is 11.8 Å². The van der Waals surface area contributed by atoms with Crippen molar-refractivity contribution in [3.63, 3.8) is 0 Å². The Morgan fingerprint density at radius 1 is 1.38 bits per heavy atom. The summed E-state index contributed by atoms with van der Waals surface area (Å²) in [5, 5.41) is 0. The fourth-order valence-corrected chi connectivity index (χ4v) is 1.74. The first-order chi connectivity index (χ1) is 5.82. The Hall–Kier alpha value is -0.580. The number of alkyl halides is 3. The molecule has 1 aliphatic heterocycles. The van der Waals surface area contributed by atoms with Crippen molar-refractivity contribution in [3.05, 3.63) is 0 Å². The van der Waals surface area contributed by atoms with Crippen LogP contribution in [0.25, 0.3) is 0 Å². The zero-order valence-electron chi connectivity index (χ0n) is 7.56. The number of ketones is 1. The van der Waals surface area contributed by atoms with Gasteiger partial charge in [0, 0.05) is 19.0 Å². The zero-order valence-corrected chi connectivity index (χ0v) is 7.56. The van der Waals surface area contributed by atoms with Gasteiger partial charge in [-0.3, -0.25) is 4.79 Å². The van der Waals surface area contributed by atoms with Crippen LogP contribution in [-0.2, 0) is 4.79 Å². The van der Waals surface area contributed by atoms with Crippen LogP contribution in [0.4, 0.5) is 13.2 Å². The number of Topliss-reactive ketones (excluding diaryl/α,β-unsaturated/α-hetero) is 1. The minimum atomic E-state index is -4.25. The fourth-order valence-electron chi connectivity index (χ4n) is 1.74. The molecule has 0 spiro atoms. The monoisotopic (exact) mass is 195 g/mol. The highest BCUT2D eigenvalue weighted by atomic mass is 19.4. The molecule has 1 fully saturated rings. The average molecular weight is 195 g/mol. The van der Waals surface area contributed by atoms with E-state index in [2.05, 4.69) is 0 Å². The van der Waals surface area contributed by atoms with Crippen molar-refractivity contribution >= 4 is 5.78 Å². The van der Waals surface area contributed by atoms with Gasteiger partial charge in [-0.2, -0.15) is 13.2 Å². The Morgan fingerprint density at radius 3 is 2.23 bits per heavy atom. The maximum absolute atomic E-state index is 12.4. The van der Waals surface area contributed by atoms with Crippen LogP contribution >= 0.6 is 0 Å². The van der Waals surface area contributed by atoms with E-state index in [1.807, 2.05) is 0 Å². The molecule has 0 bridgehead atoms. The lowest BCUT2D eigenvalue weighted by Crippen LogP contribution is -2.32. The van der Waals surface area contributed by atoms with E-state index < -0.39 is 18.0 Å². The number of hydrogen-bond donors (Lipinski definition) is 0. The van der Waals surface area contributed by atoms with Gasteiger partial charge in [-0.25, -0.2) is 0 Å². The van der Waals surface area contributed by atoms with Gasteiger partial charge < -0.3 is 4.90 Å². The average Bonchev–Trinajstić information content (AvgIpc) is 2.29. The number of carbonyl (C=O) groups is 1. The maximum Gasteiger partial charge on any atom is 0.393 e. The molecule has 0 aliphatic carbocycles. The van der Waals surface area contributed by atoms with Gasteiger partial charge in [0.15, 0.2) is 0 Å². The van der Waals surface area contributed by atoms with Crippen LogP contribution in [0.5, 0.6) is 0 Å². The lowest BCUT2D eigenvalue weighted by molar-refractivity contribution is -0.182. The van der Waals surface area contributed by atoms with Crippen molar-refractivity contribution in [1.29, 1.82) is 0 Å². The minimum absolute atomic E-state index is 0.0618. The van der Waals surface area contributed by atoms with E-state index in [4.69, 9.17) is 0 Å². The summed E-state index contributed by atoms with van der Waals surface area (Å²) < 4.78 is 37.1. The summed E-state index contributed by atoms with van der Waals surface area (Å²) >= 11 is 0. The highest BCUT2D eigenvalue weighted by molar-refractivity contribution is 5.79. The van der Waals surface area contributed by atoms with E-state index in [1.54, 1.807) is 11.9 Å². The van der Waals surface area contributed by atoms with Crippen LogP contribution in [0.15, 0.2) is 0 Å². The quantitative estimate of drug-likeness (QED) is 0.628. The molecule has 0 aromatic carbocycles. The summed E-state index contributed by atoms with van der Waals surface area (Å²) in [5.41, 5.74) is 0. The van der Waals surface area contributed by atoms with Crippen LogP contribution in [0.1, 0.15) is 6.92 Å². The summed E-state index contributed by atoms with van der Waals surface area (Å²) in [6.07, 6.45) is -4.25. The van der Waals surface area contributed by atoms with Crippen molar-refractivity contribution in [2.75, 3.05) is 20.1 Å². The van der Waals surface area contributed by atoms with Gasteiger partial charge >= 0.3 is 6.18 Å². The number of hydrogen-bond acceptors (Lipinski definition) is 2. The molecule has 1 aliphatic rings. The molecule has 2 atom stereocenters.